The first-order valence-corrected chi connectivity index (χ1v) is 13.0. The van der Waals surface area contributed by atoms with Crippen molar-refractivity contribution in [3.63, 3.8) is 0 Å². The number of nitrogens with one attached hydrogen (secondary N) is 2. The van der Waals surface area contributed by atoms with Crippen molar-refractivity contribution in [2.45, 2.75) is 29.6 Å². The van der Waals surface area contributed by atoms with Crippen molar-refractivity contribution in [2.24, 2.45) is 0 Å². The Morgan fingerprint density at radius 2 is 1.45 bits per heavy atom. The van der Waals surface area contributed by atoms with Crippen LogP contribution >= 0.6 is 0 Å². The molecule has 33 heavy (non-hydrogen) atoms. The fourth-order valence-electron chi connectivity index (χ4n) is 3.32. The van der Waals surface area contributed by atoms with Gasteiger partial charge in [0, 0.05) is 36.2 Å². The highest BCUT2D eigenvalue weighted by Gasteiger charge is 2.23. The van der Waals surface area contributed by atoms with Gasteiger partial charge in [0.05, 0.1) is 9.79 Å². The fourth-order valence-corrected chi connectivity index (χ4v) is 5.33. The summed E-state index contributed by atoms with van der Waals surface area (Å²) in [6, 6.07) is 12.9. The second-order valence-electron chi connectivity index (χ2n) is 7.40. The minimum absolute atomic E-state index is 0.0159. The van der Waals surface area contributed by atoms with Crippen LogP contribution in [0.2, 0.25) is 0 Å². The molecule has 0 saturated carbocycles. The molecular formula is C21H21N5O5S2. The Bertz CT molecular complexity index is 1390. The zero-order valence-corrected chi connectivity index (χ0v) is 19.2. The van der Waals surface area contributed by atoms with Crippen LogP contribution in [-0.4, -0.2) is 39.3 Å². The number of hydrogen-bond donors (Lipinski definition) is 2. The summed E-state index contributed by atoms with van der Waals surface area (Å²) in [6.07, 6.45) is 2.70. The fraction of sp³-hybridized carbons (Fsp3) is 0.190. The van der Waals surface area contributed by atoms with Crippen LogP contribution in [0.5, 0.6) is 0 Å². The highest BCUT2D eigenvalue weighted by atomic mass is 32.2. The van der Waals surface area contributed by atoms with Crippen LogP contribution < -0.4 is 14.3 Å². The van der Waals surface area contributed by atoms with Gasteiger partial charge in [0.1, 0.15) is 0 Å². The van der Waals surface area contributed by atoms with Crippen molar-refractivity contribution in [3.05, 3.63) is 66.5 Å². The summed E-state index contributed by atoms with van der Waals surface area (Å²) in [7, 11) is -7.85. The Morgan fingerprint density at radius 3 is 2.03 bits per heavy atom. The maximum Gasteiger partial charge on any atom is 0.264 e. The molecule has 1 fully saturated rings. The lowest BCUT2D eigenvalue weighted by Gasteiger charge is -2.16. The highest BCUT2D eigenvalue weighted by Crippen LogP contribution is 2.24. The molecule has 172 valence electrons. The third kappa shape index (κ3) is 5.12. The topological polar surface area (TPSA) is 138 Å². The van der Waals surface area contributed by atoms with Gasteiger partial charge in [0.25, 0.3) is 20.0 Å². The van der Waals surface area contributed by atoms with Crippen LogP contribution in [0.4, 0.5) is 17.3 Å². The van der Waals surface area contributed by atoms with E-state index >= 15 is 0 Å². The standard InChI is InChI=1S/C21H21N5O5S2/c1-15-12-13-22-21(23-15)25-33(30,31)18-8-4-16(5-9-18)24-32(28,29)19-10-6-17(7-11-19)26-14-2-3-20(26)27/h4-13,24H,2-3,14H2,1H3,(H,22,23,25). The molecule has 0 unspecified atom stereocenters. The van der Waals surface area contributed by atoms with E-state index in [-0.39, 0.29) is 27.3 Å². The molecule has 0 aliphatic carbocycles. The number of benzene rings is 2. The highest BCUT2D eigenvalue weighted by molar-refractivity contribution is 7.93. The average Bonchev–Trinajstić information content (AvgIpc) is 3.19. The first-order valence-electron chi connectivity index (χ1n) is 10.00. The number of rotatable bonds is 7. The third-order valence-corrected chi connectivity index (χ3v) is 7.71. The molecule has 0 spiro atoms. The molecule has 1 aliphatic heterocycles. The maximum atomic E-state index is 12.7. The van der Waals surface area contributed by atoms with Crippen LogP contribution in [0.25, 0.3) is 0 Å². The molecule has 1 saturated heterocycles. The predicted molar refractivity (Wildman–Crippen MR) is 123 cm³/mol. The number of hydrogen-bond acceptors (Lipinski definition) is 7. The summed E-state index contributed by atoms with van der Waals surface area (Å²) in [4.78, 5) is 21.3. The molecule has 2 heterocycles. The lowest BCUT2D eigenvalue weighted by Crippen LogP contribution is -2.23. The Labute approximate surface area is 191 Å². The van der Waals surface area contributed by atoms with Gasteiger partial charge in [-0.3, -0.25) is 9.52 Å². The zero-order chi connectivity index (χ0) is 23.6. The molecule has 2 N–H and O–H groups in total. The lowest BCUT2D eigenvalue weighted by molar-refractivity contribution is -0.117. The van der Waals surface area contributed by atoms with E-state index in [1.807, 2.05) is 0 Å². The Balaban J connectivity index is 1.47. The summed E-state index contributed by atoms with van der Waals surface area (Å²) in [5.74, 6) is -0.0407. The molecule has 4 rings (SSSR count). The number of aryl methyl sites for hydroxylation is 1. The van der Waals surface area contributed by atoms with E-state index in [1.54, 1.807) is 30.0 Å². The second kappa shape index (κ2) is 8.79. The molecule has 10 nitrogen and oxygen atoms in total. The first kappa shape index (κ1) is 22.7. The number of aromatic nitrogens is 2. The molecule has 1 amide bonds. The Kier molecular flexibility index (Phi) is 6.04. The van der Waals surface area contributed by atoms with Crippen molar-refractivity contribution in [2.75, 3.05) is 20.9 Å². The summed E-state index contributed by atoms with van der Waals surface area (Å²) in [5.41, 5.74) is 1.45. The molecule has 0 radical (unpaired) electrons. The largest absolute Gasteiger partial charge is 0.312 e. The van der Waals surface area contributed by atoms with Gasteiger partial charge in [0.2, 0.25) is 11.9 Å². The molecule has 3 aromatic rings. The van der Waals surface area contributed by atoms with E-state index in [4.69, 9.17) is 0 Å². The summed E-state index contributed by atoms with van der Waals surface area (Å²) in [5, 5.41) is 0. The molecule has 2 aromatic carbocycles. The van der Waals surface area contributed by atoms with E-state index in [0.29, 0.717) is 24.3 Å². The van der Waals surface area contributed by atoms with Crippen molar-refractivity contribution in [1.29, 1.82) is 0 Å². The van der Waals surface area contributed by atoms with Crippen molar-refractivity contribution in [3.8, 4) is 0 Å². The van der Waals surface area contributed by atoms with E-state index in [2.05, 4.69) is 19.4 Å². The summed E-state index contributed by atoms with van der Waals surface area (Å²) in [6.45, 7) is 2.32. The monoisotopic (exact) mass is 487 g/mol. The van der Waals surface area contributed by atoms with Gasteiger partial charge in [-0.05, 0) is 67.9 Å². The molecular weight excluding hydrogens is 466 g/mol. The molecule has 1 aromatic heterocycles. The smallest absolute Gasteiger partial charge is 0.264 e. The quantitative estimate of drug-likeness (QED) is 0.522. The number of carbonyl (C=O) groups is 1. The predicted octanol–water partition coefficient (Wildman–Crippen LogP) is 2.51. The van der Waals surface area contributed by atoms with Crippen LogP contribution in [0.1, 0.15) is 18.5 Å². The molecule has 0 atom stereocenters. The van der Waals surface area contributed by atoms with Crippen LogP contribution in [0.3, 0.4) is 0 Å². The van der Waals surface area contributed by atoms with Gasteiger partial charge in [-0.15, -0.1) is 0 Å². The van der Waals surface area contributed by atoms with Gasteiger partial charge in [-0.2, -0.15) is 0 Å². The Morgan fingerprint density at radius 1 is 0.848 bits per heavy atom. The lowest BCUT2D eigenvalue weighted by atomic mass is 10.3. The number of amides is 1. The van der Waals surface area contributed by atoms with E-state index in [0.717, 1.165) is 6.42 Å². The third-order valence-electron chi connectivity index (χ3n) is 4.97. The second-order valence-corrected chi connectivity index (χ2v) is 10.8. The van der Waals surface area contributed by atoms with E-state index < -0.39 is 20.0 Å². The van der Waals surface area contributed by atoms with Gasteiger partial charge in [-0.25, -0.2) is 31.5 Å². The SMILES string of the molecule is Cc1ccnc(NS(=O)(=O)c2ccc(NS(=O)(=O)c3ccc(N4CCCC4=O)cc3)cc2)n1. The molecule has 0 bridgehead atoms. The minimum Gasteiger partial charge on any atom is -0.312 e. The number of nitrogens with zero attached hydrogens (tertiary/aromatic N) is 3. The average molecular weight is 488 g/mol. The zero-order valence-electron chi connectivity index (χ0n) is 17.6. The van der Waals surface area contributed by atoms with Crippen molar-refractivity contribution < 1.29 is 21.6 Å². The minimum atomic E-state index is -3.94. The normalized spacial score (nSPS) is 14.3. The van der Waals surface area contributed by atoms with E-state index in [1.165, 1.54) is 42.6 Å². The summed E-state index contributed by atoms with van der Waals surface area (Å²) < 4.78 is 55.2. The van der Waals surface area contributed by atoms with Gasteiger partial charge >= 0.3 is 0 Å². The van der Waals surface area contributed by atoms with Crippen molar-refractivity contribution >= 4 is 43.3 Å². The van der Waals surface area contributed by atoms with Crippen LogP contribution in [0.15, 0.2) is 70.6 Å². The van der Waals surface area contributed by atoms with E-state index in [9.17, 15) is 21.6 Å². The number of sulfonamides is 2. The number of carbonyl (C=O) groups excluding carboxylic acids is 1. The first-order chi connectivity index (χ1) is 15.6. The van der Waals surface area contributed by atoms with Crippen LogP contribution in [0, 0.1) is 6.92 Å². The molecule has 12 heteroatoms. The van der Waals surface area contributed by atoms with Gasteiger partial charge < -0.3 is 4.90 Å². The van der Waals surface area contributed by atoms with Crippen molar-refractivity contribution in [1.82, 2.24) is 9.97 Å². The summed E-state index contributed by atoms with van der Waals surface area (Å²) >= 11 is 0. The van der Waals surface area contributed by atoms with Gasteiger partial charge in [0.15, 0.2) is 0 Å². The van der Waals surface area contributed by atoms with Crippen LogP contribution in [-0.2, 0) is 24.8 Å². The maximum absolute atomic E-state index is 12.7. The molecule has 1 aliphatic rings. The van der Waals surface area contributed by atoms with Gasteiger partial charge in [-0.1, -0.05) is 0 Å². The number of anilines is 3. The Hall–Kier alpha value is -3.51.